The van der Waals surface area contributed by atoms with Gasteiger partial charge in [-0.25, -0.2) is 0 Å². The minimum atomic E-state index is 0.0661. The summed E-state index contributed by atoms with van der Waals surface area (Å²) in [6.45, 7) is 10.1. The fraction of sp³-hybridized carbons (Fsp3) is 0.714. The SMILES string of the molecule is Cc1nn(CC(=O)C2CCOC2)c(C)c1C(C)C. The van der Waals surface area contributed by atoms with Gasteiger partial charge in [0, 0.05) is 18.2 Å². The monoisotopic (exact) mass is 250 g/mol. The summed E-state index contributed by atoms with van der Waals surface area (Å²) in [6, 6.07) is 0. The Morgan fingerprint density at radius 2 is 2.22 bits per heavy atom. The number of aromatic nitrogens is 2. The van der Waals surface area contributed by atoms with Gasteiger partial charge in [-0.05, 0) is 31.7 Å². The summed E-state index contributed by atoms with van der Waals surface area (Å²) in [7, 11) is 0. The fourth-order valence-corrected chi connectivity index (χ4v) is 2.77. The van der Waals surface area contributed by atoms with Gasteiger partial charge < -0.3 is 4.74 Å². The molecule has 0 amide bonds. The first kappa shape index (κ1) is 13.3. The van der Waals surface area contributed by atoms with Crippen LogP contribution in [-0.2, 0) is 16.1 Å². The Morgan fingerprint density at radius 3 is 2.72 bits per heavy atom. The summed E-state index contributed by atoms with van der Waals surface area (Å²) in [5.74, 6) is 0.758. The normalized spacial score (nSPS) is 19.7. The molecule has 0 spiro atoms. The molecule has 0 N–H and O–H groups in total. The number of ether oxygens (including phenoxy) is 1. The van der Waals surface area contributed by atoms with Crippen molar-refractivity contribution in [3.63, 3.8) is 0 Å². The zero-order valence-corrected chi connectivity index (χ0v) is 11.7. The first-order valence-corrected chi connectivity index (χ1v) is 6.65. The van der Waals surface area contributed by atoms with Crippen molar-refractivity contribution in [3.05, 3.63) is 17.0 Å². The summed E-state index contributed by atoms with van der Waals surface area (Å²) in [5.41, 5.74) is 3.43. The second kappa shape index (κ2) is 5.22. The fourth-order valence-electron chi connectivity index (χ4n) is 2.77. The highest BCUT2D eigenvalue weighted by molar-refractivity contribution is 5.81. The topological polar surface area (TPSA) is 44.1 Å². The molecular formula is C14H22N2O2. The van der Waals surface area contributed by atoms with Gasteiger partial charge in [0.1, 0.15) is 6.54 Å². The maximum absolute atomic E-state index is 12.1. The highest BCUT2D eigenvalue weighted by atomic mass is 16.5. The molecule has 1 aliphatic rings. The van der Waals surface area contributed by atoms with Crippen molar-refractivity contribution in [2.24, 2.45) is 5.92 Å². The molecule has 0 radical (unpaired) electrons. The predicted octanol–water partition coefficient (Wildman–Crippen LogP) is 2.23. The third-order valence-electron chi connectivity index (χ3n) is 3.71. The zero-order chi connectivity index (χ0) is 13.3. The standard InChI is InChI=1S/C14H22N2O2/c1-9(2)14-10(3)15-16(11(14)4)7-13(17)12-5-6-18-8-12/h9,12H,5-8H2,1-4H3. The lowest BCUT2D eigenvalue weighted by Gasteiger charge is -2.09. The Hall–Kier alpha value is -1.16. The lowest BCUT2D eigenvalue weighted by molar-refractivity contribution is -0.123. The Labute approximate surface area is 108 Å². The van der Waals surface area contributed by atoms with Crippen LogP contribution in [-0.4, -0.2) is 28.8 Å². The highest BCUT2D eigenvalue weighted by Gasteiger charge is 2.25. The summed E-state index contributed by atoms with van der Waals surface area (Å²) >= 11 is 0. The summed E-state index contributed by atoms with van der Waals surface area (Å²) in [5, 5.41) is 4.50. The summed E-state index contributed by atoms with van der Waals surface area (Å²) < 4.78 is 7.12. The molecule has 100 valence electrons. The third-order valence-corrected chi connectivity index (χ3v) is 3.71. The van der Waals surface area contributed by atoms with E-state index in [2.05, 4.69) is 18.9 Å². The molecule has 4 heteroatoms. The Balaban J connectivity index is 2.14. The molecule has 1 saturated heterocycles. The van der Waals surface area contributed by atoms with Gasteiger partial charge in [-0.1, -0.05) is 13.8 Å². The van der Waals surface area contributed by atoms with Crippen molar-refractivity contribution < 1.29 is 9.53 Å². The molecule has 4 nitrogen and oxygen atoms in total. The van der Waals surface area contributed by atoms with E-state index in [9.17, 15) is 4.79 Å². The zero-order valence-electron chi connectivity index (χ0n) is 11.7. The van der Waals surface area contributed by atoms with Crippen molar-refractivity contribution in [3.8, 4) is 0 Å². The van der Waals surface area contributed by atoms with E-state index < -0.39 is 0 Å². The van der Waals surface area contributed by atoms with Crippen molar-refractivity contribution in [2.75, 3.05) is 13.2 Å². The van der Waals surface area contributed by atoms with E-state index in [1.54, 1.807) is 0 Å². The van der Waals surface area contributed by atoms with Crippen LogP contribution in [0.15, 0.2) is 0 Å². The van der Waals surface area contributed by atoms with Crippen molar-refractivity contribution in [1.29, 1.82) is 0 Å². The van der Waals surface area contributed by atoms with Crippen LogP contribution in [0.4, 0.5) is 0 Å². The van der Waals surface area contributed by atoms with Gasteiger partial charge in [-0.15, -0.1) is 0 Å². The van der Waals surface area contributed by atoms with Crippen LogP contribution >= 0.6 is 0 Å². The molecule has 0 aromatic carbocycles. The van der Waals surface area contributed by atoms with E-state index >= 15 is 0 Å². The predicted molar refractivity (Wildman–Crippen MR) is 69.7 cm³/mol. The van der Waals surface area contributed by atoms with E-state index in [1.807, 2.05) is 18.5 Å². The highest BCUT2D eigenvalue weighted by Crippen LogP contribution is 2.23. The van der Waals surface area contributed by atoms with Gasteiger partial charge in [0.2, 0.25) is 0 Å². The first-order chi connectivity index (χ1) is 8.50. The minimum absolute atomic E-state index is 0.0661. The lowest BCUT2D eigenvalue weighted by Crippen LogP contribution is -2.21. The number of hydrogen-bond donors (Lipinski definition) is 0. The van der Waals surface area contributed by atoms with Gasteiger partial charge in [0.25, 0.3) is 0 Å². The van der Waals surface area contributed by atoms with Gasteiger partial charge in [0.15, 0.2) is 5.78 Å². The molecule has 1 atom stereocenters. The molecule has 0 aliphatic carbocycles. The van der Waals surface area contributed by atoms with Gasteiger partial charge >= 0.3 is 0 Å². The number of aryl methyl sites for hydroxylation is 1. The van der Waals surface area contributed by atoms with Crippen molar-refractivity contribution in [1.82, 2.24) is 9.78 Å². The molecule has 1 aromatic heterocycles. The van der Waals surface area contributed by atoms with Gasteiger partial charge in [0.05, 0.1) is 12.3 Å². The maximum atomic E-state index is 12.1. The van der Waals surface area contributed by atoms with Crippen LogP contribution in [0.5, 0.6) is 0 Å². The van der Waals surface area contributed by atoms with Crippen LogP contribution in [0, 0.1) is 19.8 Å². The lowest BCUT2D eigenvalue weighted by atomic mass is 10.0. The average molecular weight is 250 g/mol. The van der Waals surface area contributed by atoms with E-state index in [0.29, 0.717) is 25.7 Å². The van der Waals surface area contributed by atoms with Crippen molar-refractivity contribution in [2.45, 2.75) is 46.6 Å². The molecule has 0 bridgehead atoms. The number of ketones is 1. The molecule has 18 heavy (non-hydrogen) atoms. The van der Waals surface area contributed by atoms with Crippen LogP contribution in [0.25, 0.3) is 0 Å². The van der Waals surface area contributed by atoms with Crippen LogP contribution in [0.2, 0.25) is 0 Å². The largest absolute Gasteiger partial charge is 0.381 e. The smallest absolute Gasteiger partial charge is 0.159 e. The molecule has 2 heterocycles. The quantitative estimate of drug-likeness (QED) is 0.823. The molecule has 1 aliphatic heterocycles. The second-order valence-electron chi connectivity index (χ2n) is 5.42. The molecule has 2 rings (SSSR count). The molecular weight excluding hydrogens is 228 g/mol. The van der Waals surface area contributed by atoms with Gasteiger partial charge in [-0.2, -0.15) is 5.10 Å². The van der Waals surface area contributed by atoms with Crippen LogP contribution < -0.4 is 0 Å². The number of carbonyl (C=O) groups excluding carboxylic acids is 1. The number of rotatable bonds is 4. The number of hydrogen-bond acceptors (Lipinski definition) is 3. The number of nitrogens with zero attached hydrogens (tertiary/aromatic N) is 2. The second-order valence-corrected chi connectivity index (χ2v) is 5.42. The van der Waals surface area contributed by atoms with E-state index in [4.69, 9.17) is 4.74 Å². The number of Topliss-reactive ketones (excluding diaryl/α,β-unsaturated/α-hetero) is 1. The summed E-state index contributed by atoms with van der Waals surface area (Å²) in [4.78, 5) is 12.1. The third kappa shape index (κ3) is 2.48. The Kier molecular flexibility index (Phi) is 3.85. The van der Waals surface area contributed by atoms with E-state index in [-0.39, 0.29) is 11.7 Å². The van der Waals surface area contributed by atoms with Crippen LogP contribution in [0.1, 0.15) is 43.1 Å². The number of carbonyl (C=O) groups is 1. The Bertz CT molecular complexity index is 443. The Morgan fingerprint density at radius 1 is 1.50 bits per heavy atom. The molecule has 1 fully saturated rings. The van der Waals surface area contributed by atoms with E-state index in [0.717, 1.165) is 17.8 Å². The first-order valence-electron chi connectivity index (χ1n) is 6.65. The van der Waals surface area contributed by atoms with E-state index in [1.165, 1.54) is 5.56 Å². The van der Waals surface area contributed by atoms with Crippen LogP contribution in [0.3, 0.4) is 0 Å². The van der Waals surface area contributed by atoms with Crippen molar-refractivity contribution >= 4 is 5.78 Å². The molecule has 1 unspecified atom stereocenters. The summed E-state index contributed by atoms with van der Waals surface area (Å²) in [6.07, 6.45) is 0.856. The average Bonchev–Trinajstić information content (AvgIpc) is 2.88. The van der Waals surface area contributed by atoms with Gasteiger partial charge in [-0.3, -0.25) is 9.48 Å². The maximum Gasteiger partial charge on any atom is 0.159 e. The molecule has 1 aromatic rings. The molecule has 0 saturated carbocycles. The minimum Gasteiger partial charge on any atom is -0.381 e.